The summed E-state index contributed by atoms with van der Waals surface area (Å²) in [6.07, 6.45) is 2.30. The number of halogens is 1. The molecule has 3 N–H and O–H groups in total. The van der Waals surface area contributed by atoms with Crippen LogP contribution in [0.1, 0.15) is 29.5 Å². The third-order valence-electron chi connectivity index (χ3n) is 3.57. The first kappa shape index (κ1) is 19.9. The van der Waals surface area contributed by atoms with Gasteiger partial charge in [0.2, 0.25) is 0 Å². The van der Waals surface area contributed by atoms with Gasteiger partial charge in [-0.3, -0.25) is 9.48 Å². The molecule has 1 amide bonds. The lowest BCUT2D eigenvalue weighted by Crippen LogP contribution is -2.38. The van der Waals surface area contributed by atoms with Crippen molar-refractivity contribution in [3.63, 3.8) is 0 Å². The topological polar surface area (TPSA) is 96.2 Å². The molecule has 1 heterocycles. The maximum Gasteiger partial charge on any atom is 0.251 e. The van der Waals surface area contributed by atoms with Gasteiger partial charge in [0.25, 0.3) is 5.91 Å². The highest BCUT2D eigenvalue weighted by molar-refractivity contribution is 9.10. The number of carbonyl (C=O) groups is 1. The predicted octanol–water partition coefficient (Wildman–Crippen LogP) is 1.45. The molecule has 0 saturated heterocycles. The second-order valence-electron chi connectivity index (χ2n) is 5.54. The standard InChI is InChI=1S/C17H24BrN7O/c1-3-19-17(22-11-15-23-12-24-25(15)2)21-10-4-9-20-16(26)13-5-7-14(18)8-6-13/h5-8,12H,3-4,9-11H2,1-2H3,(H,20,26)(H2,19,21,22). The SMILES string of the molecule is CCNC(=NCc1ncnn1C)NCCCNC(=O)c1ccc(Br)cc1. The Bertz CT molecular complexity index is 727. The van der Waals surface area contributed by atoms with Crippen molar-refractivity contribution in [3.05, 3.63) is 46.5 Å². The number of benzene rings is 1. The lowest BCUT2D eigenvalue weighted by atomic mass is 10.2. The minimum atomic E-state index is -0.0691. The number of amides is 1. The van der Waals surface area contributed by atoms with Crippen molar-refractivity contribution in [1.82, 2.24) is 30.7 Å². The Hall–Kier alpha value is -2.42. The molecule has 0 aliphatic rings. The van der Waals surface area contributed by atoms with Crippen LogP contribution in [-0.2, 0) is 13.6 Å². The fourth-order valence-electron chi connectivity index (χ4n) is 2.16. The van der Waals surface area contributed by atoms with E-state index in [1.807, 2.05) is 26.1 Å². The molecule has 1 aromatic carbocycles. The van der Waals surface area contributed by atoms with Gasteiger partial charge in [0, 0.05) is 36.7 Å². The summed E-state index contributed by atoms with van der Waals surface area (Å²) in [5, 5.41) is 13.4. The number of carbonyl (C=O) groups excluding carboxylic acids is 1. The second kappa shape index (κ2) is 10.5. The van der Waals surface area contributed by atoms with Crippen LogP contribution in [0.4, 0.5) is 0 Å². The first-order valence-electron chi connectivity index (χ1n) is 8.49. The molecule has 8 nitrogen and oxygen atoms in total. The molecule has 1 aromatic heterocycles. The molecule has 0 unspecified atom stereocenters. The first-order valence-corrected chi connectivity index (χ1v) is 9.28. The molecule has 0 bridgehead atoms. The van der Waals surface area contributed by atoms with Crippen LogP contribution in [0, 0.1) is 0 Å². The van der Waals surface area contributed by atoms with Crippen molar-refractivity contribution in [3.8, 4) is 0 Å². The van der Waals surface area contributed by atoms with Gasteiger partial charge in [0.15, 0.2) is 5.96 Å². The fraction of sp³-hybridized carbons (Fsp3) is 0.412. The summed E-state index contributed by atoms with van der Waals surface area (Å²) in [5.74, 6) is 1.44. The Morgan fingerprint density at radius 1 is 1.19 bits per heavy atom. The van der Waals surface area contributed by atoms with E-state index in [4.69, 9.17) is 0 Å². The normalized spacial score (nSPS) is 11.3. The third-order valence-corrected chi connectivity index (χ3v) is 4.09. The molecule has 140 valence electrons. The smallest absolute Gasteiger partial charge is 0.251 e. The van der Waals surface area contributed by atoms with Gasteiger partial charge in [-0.25, -0.2) is 9.98 Å². The van der Waals surface area contributed by atoms with Gasteiger partial charge in [-0.2, -0.15) is 5.10 Å². The summed E-state index contributed by atoms with van der Waals surface area (Å²) in [7, 11) is 1.84. The molecule has 0 radical (unpaired) electrons. The number of hydrogen-bond donors (Lipinski definition) is 3. The Labute approximate surface area is 161 Å². The highest BCUT2D eigenvalue weighted by Gasteiger charge is 2.04. The third kappa shape index (κ3) is 6.47. The predicted molar refractivity (Wildman–Crippen MR) is 105 cm³/mol. The molecule has 2 rings (SSSR count). The first-order chi connectivity index (χ1) is 12.6. The van der Waals surface area contributed by atoms with E-state index in [2.05, 4.69) is 47.0 Å². The van der Waals surface area contributed by atoms with E-state index in [0.717, 1.165) is 29.2 Å². The highest BCUT2D eigenvalue weighted by atomic mass is 79.9. The van der Waals surface area contributed by atoms with Gasteiger partial charge >= 0.3 is 0 Å². The maximum absolute atomic E-state index is 12.0. The van der Waals surface area contributed by atoms with Crippen molar-refractivity contribution < 1.29 is 4.79 Å². The van der Waals surface area contributed by atoms with Gasteiger partial charge in [0.05, 0.1) is 0 Å². The van der Waals surface area contributed by atoms with Gasteiger partial charge in [-0.05, 0) is 37.6 Å². The quantitative estimate of drug-likeness (QED) is 0.340. The molecular weight excluding hydrogens is 398 g/mol. The number of aryl methyl sites for hydroxylation is 1. The average molecular weight is 422 g/mol. The summed E-state index contributed by atoms with van der Waals surface area (Å²) in [6, 6.07) is 7.29. The van der Waals surface area contributed by atoms with E-state index in [1.165, 1.54) is 6.33 Å². The zero-order chi connectivity index (χ0) is 18.8. The Kier molecular flexibility index (Phi) is 8.07. The van der Waals surface area contributed by atoms with Crippen LogP contribution < -0.4 is 16.0 Å². The number of aromatic nitrogens is 3. The maximum atomic E-state index is 12.0. The molecule has 0 aliphatic carbocycles. The van der Waals surface area contributed by atoms with E-state index < -0.39 is 0 Å². The van der Waals surface area contributed by atoms with Crippen LogP contribution >= 0.6 is 15.9 Å². The Morgan fingerprint density at radius 2 is 1.92 bits per heavy atom. The van der Waals surface area contributed by atoms with Crippen LogP contribution in [0.15, 0.2) is 40.1 Å². The number of guanidine groups is 1. The van der Waals surface area contributed by atoms with E-state index in [-0.39, 0.29) is 5.91 Å². The van der Waals surface area contributed by atoms with E-state index in [1.54, 1.807) is 16.8 Å². The Morgan fingerprint density at radius 3 is 2.58 bits per heavy atom. The summed E-state index contributed by atoms with van der Waals surface area (Å²) in [6.45, 7) is 4.52. The minimum Gasteiger partial charge on any atom is -0.357 e. The van der Waals surface area contributed by atoms with Gasteiger partial charge < -0.3 is 16.0 Å². The molecule has 26 heavy (non-hydrogen) atoms. The van der Waals surface area contributed by atoms with Crippen molar-refractivity contribution in [1.29, 1.82) is 0 Å². The molecule has 0 aliphatic heterocycles. The fourth-order valence-corrected chi connectivity index (χ4v) is 2.42. The molecular formula is C17H24BrN7O. The number of aliphatic imine (C=N–C) groups is 1. The minimum absolute atomic E-state index is 0.0691. The van der Waals surface area contributed by atoms with Gasteiger partial charge in [-0.1, -0.05) is 15.9 Å². The lowest BCUT2D eigenvalue weighted by molar-refractivity contribution is 0.0953. The van der Waals surface area contributed by atoms with Gasteiger partial charge in [-0.15, -0.1) is 0 Å². The number of nitrogens with one attached hydrogen (secondary N) is 3. The van der Waals surface area contributed by atoms with Crippen molar-refractivity contribution in [2.24, 2.45) is 12.0 Å². The largest absolute Gasteiger partial charge is 0.357 e. The van der Waals surface area contributed by atoms with Crippen LogP contribution in [0.2, 0.25) is 0 Å². The molecule has 0 saturated carbocycles. The molecule has 0 atom stereocenters. The number of rotatable bonds is 8. The summed E-state index contributed by atoms with van der Waals surface area (Å²) in [5.41, 5.74) is 0.653. The molecule has 0 spiro atoms. The zero-order valence-corrected chi connectivity index (χ0v) is 16.6. The van der Waals surface area contributed by atoms with Crippen LogP contribution in [0.25, 0.3) is 0 Å². The van der Waals surface area contributed by atoms with Gasteiger partial charge in [0.1, 0.15) is 18.7 Å². The second-order valence-corrected chi connectivity index (χ2v) is 6.45. The molecule has 9 heteroatoms. The van der Waals surface area contributed by atoms with E-state index in [0.29, 0.717) is 25.2 Å². The zero-order valence-electron chi connectivity index (χ0n) is 15.0. The van der Waals surface area contributed by atoms with Crippen molar-refractivity contribution >= 4 is 27.8 Å². The van der Waals surface area contributed by atoms with Crippen LogP contribution in [0.5, 0.6) is 0 Å². The average Bonchev–Trinajstić information content (AvgIpc) is 3.04. The van der Waals surface area contributed by atoms with Crippen LogP contribution in [0.3, 0.4) is 0 Å². The Balaban J connectivity index is 1.71. The van der Waals surface area contributed by atoms with E-state index >= 15 is 0 Å². The molecule has 2 aromatic rings. The number of nitrogens with zero attached hydrogens (tertiary/aromatic N) is 4. The summed E-state index contributed by atoms with van der Waals surface area (Å²) >= 11 is 3.36. The van der Waals surface area contributed by atoms with Crippen molar-refractivity contribution in [2.75, 3.05) is 19.6 Å². The summed E-state index contributed by atoms with van der Waals surface area (Å²) < 4.78 is 2.65. The lowest BCUT2D eigenvalue weighted by Gasteiger charge is -2.11. The van der Waals surface area contributed by atoms with E-state index in [9.17, 15) is 4.79 Å². The van der Waals surface area contributed by atoms with Crippen molar-refractivity contribution in [2.45, 2.75) is 19.9 Å². The highest BCUT2D eigenvalue weighted by Crippen LogP contribution is 2.10. The summed E-state index contributed by atoms with van der Waals surface area (Å²) in [4.78, 5) is 20.7. The number of hydrogen-bond acceptors (Lipinski definition) is 4. The monoisotopic (exact) mass is 421 g/mol. The molecule has 0 fully saturated rings. The van der Waals surface area contributed by atoms with Crippen LogP contribution in [-0.4, -0.2) is 46.3 Å².